The van der Waals surface area contributed by atoms with Gasteiger partial charge in [-0.05, 0) is 37.2 Å². The number of thiophene rings is 1. The number of rotatable bonds is 5. The van der Waals surface area contributed by atoms with Crippen LogP contribution in [-0.2, 0) is 29.0 Å². The molecule has 1 atom stereocenters. The van der Waals surface area contributed by atoms with E-state index in [4.69, 9.17) is 4.98 Å². The van der Waals surface area contributed by atoms with Crippen molar-refractivity contribution in [2.45, 2.75) is 59.0 Å². The summed E-state index contributed by atoms with van der Waals surface area (Å²) < 4.78 is 0. The molecule has 4 rings (SSSR count). The van der Waals surface area contributed by atoms with Crippen molar-refractivity contribution >= 4 is 33.4 Å². The van der Waals surface area contributed by atoms with Crippen molar-refractivity contribution in [2.75, 3.05) is 26.2 Å². The zero-order valence-corrected chi connectivity index (χ0v) is 19.3. The molecule has 31 heavy (non-hydrogen) atoms. The van der Waals surface area contributed by atoms with Gasteiger partial charge in [-0.3, -0.25) is 19.3 Å². The summed E-state index contributed by atoms with van der Waals surface area (Å²) in [6.45, 7) is 8.50. The molecule has 0 spiro atoms. The third-order valence-electron chi connectivity index (χ3n) is 6.22. The zero-order valence-electron chi connectivity index (χ0n) is 18.5. The molecule has 2 amide bonds. The predicted octanol–water partition coefficient (Wildman–Crippen LogP) is 1.67. The lowest BCUT2D eigenvalue weighted by atomic mass is 9.97. The Hall–Kier alpha value is -2.26. The molecule has 0 saturated carbocycles. The van der Waals surface area contributed by atoms with E-state index in [0.717, 1.165) is 29.5 Å². The molecule has 0 aromatic carbocycles. The molecule has 168 valence electrons. The molecule has 2 aliphatic rings. The van der Waals surface area contributed by atoms with Gasteiger partial charge in [-0.2, -0.15) is 0 Å². The van der Waals surface area contributed by atoms with Crippen LogP contribution in [0.15, 0.2) is 4.79 Å². The van der Waals surface area contributed by atoms with Gasteiger partial charge in [-0.25, -0.2) is 4.98 Å². The van der Waals surface area contributed by atoms with Gasteiger partial charge in [-0.1, -0.05) is 13.8 Å². The lowest BCUT2D eigenvalue weighted by molar-refractivity contribution is -0.138. The summed E-state index contributed by atoms with van der Waals surface area (Å²) in [4.78, 5) is 51.0. The first-order valence-corrected chi connectivity index (χ1v) is 12.0. The van der Waals surface area contributed by atoms with Gasteiger partial charge in [-0.15, -0.1) is 11.3 Å². The van der Waals surface area contributed by atoms with E-state index in [1.165, 1.54) is 23.8 Å². The predicted molar refractivity (Wildman–Crippen MR) is 121 cm³/mol. The van der Waals surface area contributed by atoms with Crippen molar-refractivity contribution in [3.05, 3.63) is 26.6 Å². The molecular weight excluding hydrogens is 414 g/mol. The van der Waals surface area contributed by atoms with Gasteiger partial charge >= 0.3 is 0 Å². The Morgan fingerprint density at radius 3 is 2.55 bits per heavy atom. The molecule has 1 fully saturated rings. The number of carbonyl (C=O) groups excluding carboxylic acids is 2. The second-order valence-electron chi connectivity index (χ2n) is 8.93. The largest absolute Gasteiger partial charge is 0.344 e. The fourth-order valence-corrected chi connectivity index (χ4v) is 5.83. The molecule has 2 aromatic rings. The first kappa shape index (κ1) is 22.0. The van der Waals surface area contributed by atoms with Gasteiger partial charge in [0.2, 0.25) is 11.8 Å². The quantitative estimate of drug-likeness (QED) is 0.730. The van der Waals surface area contributed by atoms with Crippen LogP contribution < -0.4 is 10.9 Å². The number of nitrogens with one attached hydrogen (secondary N) is 2. The monoisotopic (exact) mass is 445 g/mol. The molecule has 1 aliphatic heterocycles. The van der Waals surface area contributed by atoms with Gasteiger partial charge < -0.3 is 15.2 Å². The molecule has 2 N–H and O–H groups in total. The van der Waals surface area contributed by atoms with Crippen LogP contribution in [0.2, 0.25) is 0 Å². The van der Waals surface area contributed by atoms with Crippen LogP contribution in [0.25, 0.3) is 10.2 Å². The number of nitrogens with zero attached hydrogens (tertiary/aromatic N) is 3. The van der Waals surface area contributed by atoms with Gasteiger partial charge in [0.25, 0.3) is 5.56 Å². The highest BCUT2D eigenvalue weighted by molar-refractivity contribution is 7.18. The van der Waals surface area contributed by atoms with E-state index in [2.05, 4.69) is 15.2 Å². The summed E-state index contributed by atoms with van der Waals surface area (Å²) in [5.74, 6) is 0.509. The van der Waals surface area contributed by atoms with Crippen molar-refractivity contribution in [1.82, 2.24) is 25.1 Å². The number of aromatic amines is 1. The average molecular weight is 446 g/mol. The van der Waals surface area contributed by atoms with Crippen molar-refractivity contribution in [3.63, 3.8) is 0 Å². The molecule has 1 aliphatic carbocycles. The summed E-state index contributed by atoms with van der Waals surface area (Å²) in [6, 6.07) is -0.491. The van der Waals surface area contributed by atoms with Gasteiger partial charge in [0.1, 0.15) is 16.7 Å². The van der Waals surface area contributed by atoms with E-state index >= 15 is 0 Å². The number of H-pyrrole nitrogens is 1. The van der Waals surface area contributed by atoms with E-state index in [1.807, 2.05) is 18.7 Å². The topological polar surface area (TPSA) is 98.4 Å². The van der Waals surface area contributed by atoms with Crippen LogP contribution in [0.1, 0.15) is 49.9 Å². The Labute approximate surface area is 186 Å². The molecule has 9 heteroatoms. The first-order valence-electron chi connectivity index (χ1n) is 11.1. The average Bonchev–Trinajstić information content (AvgIpc) is 3.10. The lowest BCUT2D eigenvalue weighted by Gasteiger charge is -2.37. The Balaban J connectivity index is 1.41. The highest BCUT2D eigenvalue weighted by Gasteiger charge is 2.30. The molecule has 1 unspecified atom stereocenters. The molecular formula is C22H31N5O3S. The van der Waals surface area contributed by atoms with Crippen LogP contribution >= 0.6 is 11.3 Å². The smallest absolute Gasteiger partial charge is 0.259 e. The summed E-state index contributed by atoms with van der Waals surface area (Å²) in [7, 11) is 0. The van der Waals surface area contributed by atoms with E-state index in [0.29, 0.717) is 38.5 Å². The van der Waals surface area contributed by atoms with Crippen LogP contribution in [0.3, 0.4) is 0 Å². The third-order valence-corrected chi connectivity index (χ3v) is 7.41. The fourth-order valence-electron chi connectivity index (χ4n) is 4.55. The van der Waals surface area contributed by atoms with E-state index in [9.17, 15) is 14.4 Å². The number of hydrogen-bond donors (Lipinski definition) is 2. The maximum atomic E-state index is 12.9. The third kappa shape index (κ3) is 4.67. The highest BCUT2D eigenvalue weighted by atomic mass is 32.1. The Bertz CT molecular complexity index is 1040. The summed E-state index contributed by atoms with van der Waals surface area (Å²) in [5, 5.41) is 3.57. The minimum atomic E-state index is -0.491. The summed E-state index contributed by atoms with van der Waals surface area (Å²) in [6.07, 6.45) is 4.36. The molecule has 3 heterocycles. The van der Waals surface area contributed by atoms with Crippen molar-refractivity contribution < 1.29 is 9.59 Å². The molecule has 1 saturated heterocycles. The SMILES string of the molecule is CC(=O)NC(C(=O)N1CCN(Cc2nc3sc4c(c3c(=O)[nH]2)CCCC4)CC1)C(C)C. The fraction of sp³-hybridized carbons (Fsp3) is 0.636. The van der Waals surface area contributed by atoms with Crippen molar-refractivity contribution in [1.29, 1.82) is 0 Å². The standard InChI is InChI=1S/C22H31N5O3S/c1-13(2)19(23-14(3)28)22(30)27-10-8-26(9-11-27)12-17-24-20(29)18-15-6-4-5-7-16(15)31-21(18)25-17/h13,19H,4-12H2,1-3H3,(H,23,28)(H,24,25,29). The molecule has 0 bridgehead atoms. The van der Waals surface area contributed by atoms with E-state index in [-0.39, 0.29) is 23.3 Å². The van der Waals surface area contributed by atoms with Crippen LogP contribution in [0, 0.1) is 5.92 Å². The van der Waals surface area contributed by atoms with E-state index in [1.54, 1.807) is 11.3 Å². The Kier molecular flexibility index (Phi) is 6.43. The number of carbonyl (C=O) groups is 2. The number of fused-ring (bicyclic) bond motifs is 3. The maximum absolute atomic E-state index is 12.9. The van der Waals surface area contributed by atoms with Crippen LogP contribution in [0.4, 0.5) is 0 Å². The van der Waals surface area contributed by atoms with E-state index < -0.39 is 6.04 Å². The number of piperazine rings is 1. The number of hydrogen-bond acceptors (Lipinski definition) is 6. The second-order valence-corrected chi connectivity index (χ2v) is 10.0. The molecule has 8 nitrogen and oxygen atoms in total. The first-order chi connectivity index (χ1) is 14.8. The second kappa shape index (κ2) is 9.08. The Morgan fingerprint density at radius 2 is 1.87 bits per heavy atom. The van der Waals surface area contributed by atoms with Crippen molar-refractivity contribution in [3.8, 4) is 0 Å². The van der Waals surface area contributed by atoms with Crippen molar-refractivity contribution in [2.24, 2.45) is 5.92 Å². The minimum Gasteiger partial charge on any atom is -0.344 e. The maximum Gasteiger partial charge on any atom is 0.259 e. The number of amides is 2. The number of aromatic nitrogens is 2. The summed E-state index contributed by atoms with van der Waals surface area (Å²) in [5.41, 5.74) is 1.18. The summed E-state index contributed by atoms with van der Waals surface area (Å²) >= 11 is 1.67. The van der Waals surface area contributed by atoms with Gasteiger partial charge in [0, 0.05) is 38.0 Å². The molecule has 0 radical (unpaired) electrons. The normalized spacial score (nSPS) is 18.3. The lowest BCUT2D eigenvalue weighted by Crippen LogP contribution is -2.56. The number of aryl methyl sites for hydroxylation is 2. The molecule has 2 aromatic heterocycles. The minimum absolute atomic E-state index is 0.0247. The zero-order chi connectivity index (χ0) is 22.1. The van der Waals surface area contributed by atoms with Gasteiger partial charge in [0.05, 0.1) is 11.9 Å². The Morgan fingerprint density at radius 1 is 1.16 bits per heavy atom. The van der Waals surface area contributed by atoms with Crippen LogP contribution in [-0.4, -0.2) is 63.8 Å². The highest BCUT2D eigenvalue weighted by Crippen LogP contribution is 2.33. The van der Waals surface area contributed by atoms with Gasteiger partial charge in [0.15, 0.2) is 0 Å². The van der Waals surface area contributed by atoms with Crippen LogP contribution in [0.5, 0.6) is 0 Å².